The summed E-state index contributed by atoms with van der Waals surface area (Å²) in [7, 11) is 0. The van der Waals surface area contributed by atoms with Crippen molar-refractivity contribution in [2.45, 2.75) is 26.4 Å². The lowest BCUT2D eigenvalue weighted by atomic mass is 9.98. The van der Waals surface area contributed by atoms with Gasteiger partial charge in [-0.25, -0.2) is 0 Å². The number of rotatable bonds is 3. The predicted octanol–water partition coefficient (Wildman–Crippen LogP) is 3.58. The molecule has 0 aliphatic rings. The first-order chi connectivity index (χ1) is 8.16. The maximum Gasteiger partial charge on any atom is 0.0830 e. The highest BCUT2D eigenvalue weighted by atomic mass is 16.3. The highest BCUT2D eigenvalue weighted by molar-refractivity contribution is 5.32. The smallest absolute Gasteiger partial charge is 0.0830 e. The average molecular weight is 226 g/mol. The summed E-state index contributed by atoms with van der Waals surface area (Å²) in [6.45, 7) is 4.16. The Labute approximate surface area is 103 Å². The molecule has 0 saturated carbocycles. The minimum Gasteiger partial charge on any atom is -0.388 e. The van der Waals surface area contributed by atoms with Crippen molar-refractivity contribution in [2.24, 2.45) is 0 Å². The van der Waals surface area contributed by atoms with Gasteiger partial charge in [-0.1, -0.05) is 48.5 Å². The third-order valence-corrected chi connectivity index (χ3v) is 3.19. The minimum absolute atomic E-state index is 0.420. The quantitative estimate of drug-likeness (QED) is 0.848. The fourth-order valence-corrected chi connectivity index (χ4v) is 1.93. The van der Waals surface area contributed by atoms with Crippen LogP contribution in [-0.4, -0.2) is 5.11 Å². The molecular weight excluding hydrogens is 208 g/mol. The number of aryl methyl sites for hydroxylation is 2. The van der Waals surface area contributed by atoms with Gasteiger partial charge in [0.1, 0.15) is 0 Å². The molecule has 2 aromatic carbocycles. The van der Waals surface area contributed by atoms with Crippen LogP contribution in [0.15, 0.2) is 48.5 Å². The molecular formula is C16H18O. The van der Waals surface area contributed by atoms with Crippen molar-refractivity contribution >= 4 is 0 Å². The Bertz CT molecular complexity index is 488. The van der Waals surface area contributed by atoms with E-state index in [0.29, 0.717) is 6.42 Å². The van der Waals surface area contributed by atoms with E-state index in [1.54, 1.807) is 0 Å². The number of hydrogen-bond donors (Lipinski definition) is 1. The third kappa shape index (κ3) is 2.95. The lowest BCUT2D eigenvalue weighted by Gasteiger charge is -2.12. The van der Waals surface area contributed by atoms with Crippen molar-refractivity contribution in [1.82, 2.24) is 0 Å². The number of benzene rings is 2. The average Bonchev–Trinajstić information content (AvgIpc) is 2.34. The lowest BCUT2D eigenvalue weighted by molar-refractivity contribution is 0.178. The van der Waals surface area contributed by atoms with Gasteiger partial charge < -0.3 is 5.11 Å². The zero-order valence-electron chi connectivity index (χ0n) is 10.4. The molecule has 1 nitrogen and oxygen atoms in total. The summed E-state index contributed by atoms with van der Waals surface area (Å²) < 4.78 is 0. The van der Waals surface area contributed by atoms with Crippen LogP contribution < -0.4 is 0 Å². The van der Waals surface area contributed by atoms with E-state index in [4.69, 9.17) is 0 Å². The van der Waals surface area contributed by atoms with E-state index in [1.807, 2.05) is 36.4 Å². The van der Waals surface area contributed by atoms with E-state index in [9.17, 15) is 5.11 Å². The Morgan fingerprint density at radius 3 is 2.29 bits per heavy atom. The first-order valence-corrected chi connectivity index (χ1v) is 5.96. The maximum atomic E-state index is 10.2. The molecule has 0 aliphatic heterocycles. The summed E-state index contributed by atoms with van der Waals surface area (Å²) >= 11 is 0. The van der Waals surface area contributed by atoms with Crippen LogP contribution in [0.1, 0.15) is 28.4 Å². The molecule has 0 saturated heterocycles. The van der Waals surface area contributed by atoms with Crippen LogP contribution in [0.5, 0.6) is 0 Å². The van der Waals surface area contributed by atoms with E-state index in [1.165, 1.54) is 16.7 Å². The van der Waals surface area contributed by atoms with E-state index < -0.39 is 6.10 Å². The summed E-state index contributed by atoms with van der Waals surface area (Å²) in [5.74, 6) is 0. The Morgan fingerprint density at radius 2 is 1.65 bits per heavy atom. The van der Waals surface area contributed by atoms with Crippen LogP contribution in [0.4, 0.5) is 0 Å². The SMILES string of the molecule is Cc1ccc(C(O)Cc2ccccc2)cc1C. The van der Waals surface area contributed by atoms with Crippen LogP contribution in [0.2, 0.25) is 0 Å². The second-order valence-corrected chi connectivity index (χ2v) is 4.55. The van der Waals surface area contributed by atoms with Crippen LogP contribution in [0, 0.1) is 13.8 Å². The van der Waals surface area contributed by atoms with Gasteiger partial charge in [-0.15, -0.1) is 0 Å². The summed E-state index contributed by atoms with van der Waals surface area (Å²) in [4.78, 5) is 0. The molecule has 0 radical (unpaired) electrons. The standard InChI is InChI=1S/C16H18O/c1-12-8-9-15(10-13(12)2)16(17)11-14-6-4-3-5-7-14/h3-10,16-17H,11H2,1-2H3. The summed E-state index contributed by atoms with van der Waals surface area (Å²) in [6.07, 6.45) is 0.250. The number of aliphatic hydroxyl groups excluding tert-OH is 1. The van der Waals surface area contributed by atoms with Crippen molar-refractivity contribution in [2.75, 3.05) is 0 Å². The van der Waals surface area contributed by atoms with E-state index in [-0.39, 0.29) is 0 Å². The second kappa shape index (κ2) is 5.15. The van der Waals surface area contributed by atoms with E-state index >= 15 is 0 Å². The zero-order chi connectivity index (χ0) is 12.3. The predicted molar refractivity (Wildman–Crippen MR) is 71.0 cm³/mol. The van der Waals surface area contributed by atoms with Gasteiger partial charge >= 0.3 is 0 Å². The third-order valence-electron chi connectivity index (χ3n) is 3.19. The monoisotopic (exact) mass is 226 g/mol. The van der Waals surface area contributed by atoms with Gasteiger partial charge in [0, 0.05) is 6.42 Å². The molecule has 0 spiro atoms. The van der Waals surface area contributed by atoms with Gasteiger partial charge in [0.25, 0.3) is 0 Å². The van der Waals surface area contributed by atoms with Crippen molar-refractivity contribution in [1.29, 1.82) is 0 Å². The highest BCUT2D eigenvalue weighted by Crippen LogP contribution is 2.20. The summed E-state index contributed by atoms with van der Waals surface area (Å²) in [5.41, 5.74) is 4.66. The second-order valence-electron chi connectivity index (χ2n) is 4.55. The van der Waals surface area contributed by atoms with Crippen LogP contribution in [-0.2, 0) is 6.42 Å². The van der Waals surface area contributed by atoms with Crippen molar-refractivity contribution in [3.05, 3.63) is 70.8 Å². The van der Waals surface area contributed by atoms with Gasteiger partial charge in [0.2, 0.25) is 0 Å². The maximum absolute atomic E-state index is 10.2. The zero-order valence-corrected chi connectivity index (χ0v) is 10.4. The van der Waals surface area contributed by atoms with Gasteiger partial charge in [-0.05, 0) is 36.1 Å². The Balaban J connectivity index is 2.14. The van der Waals surface area contributed by atoms with Crippen LogP contribution >= 0.6 is 0 Å². The van der Waals surface area contributed by atoms with E-state index in [2.05, 4.69) is 26.0 Å². The summed E-state index contributed by atoms with van der Waals surface area (Å²) in [5, 5.41) is 10.2. The Kier molecular flexibility index (Phi) is 3.60. The molecule has 88 valence electrons. The molecule has 1 unspecified atom stereocenters. The van der Waals surface area contributed by atoms with Crippen LogP contribution in [0.25, 0.3) is 0 Å². The molecule has 2 aromatic rings. The molecule has 0 aliphatic carbocycles. The van der Waals surface area contributed by atoms with Gasteiger partial charge in [-0.2, -0.15) is 0 Å². The van der Waals surface area contributed by atoms with E-state index in [0.717, 1.165) is 5.56 Å². The fraction of sp³-hybridized carbons (Fsp3) is 0.250. The van der Waals surface area contributed by atoms with Crippen molar-refractivity contribution < 1.29 is 5.11 Å². The molecule has 1 N–H and O–H groups in total. The molecule has 0 bridgehead atoms. The largest absolute Gasteiger partial charge is 0.388 e. The summed E-state index contributed by atoms with van der Waals surface area (Å²) in [6, 6.07) is 16.2. The van der Waals surface area contributed by atoms with Crippen molar-refractivity contribution in [3.63, 3.8) is 0 Å². The number of aliphatic hydroxyl groups is 1. The number of hydrogen-bond acceptors (Lipinski definition) is 1. The molecule has 0 aromatic heterocycles. The molecule has 17 heavy (non-hydrogen) atoms. The van der Waals surface area contributed by atoms with Gasteiger partial charge in [-0.3, -0.25) is 0 Å². The minimum atomic E-state index is -0.420. The molecule has 2 rings (SSSR count). The molecule has 0 fully saturated rings. The molecule has 0 heterocycles. The Morgan fingerprint density at radius 1 is 0.941 bits per heavy atom. The topological polar surface area (TPSA) is 20.2 Å². The normalized spacial score (nSPS) is 12.4. The molecule has 0 amide bonds. The Hall–Kier alpha value is -1.60. The van der Waals surface area contributed by atoms with Gasteiger partial charge in [0.05, 0.1) is 6.10 Å². The van der Waals surface area contributed by atoms with Gasteiger partial charge in [0.15, 0.2) is 0 Å². The lowest BCUT2D eigenvalue weighted by Crippen LogP contribution is -2.02. The van der Waals surface area contributed by atoms with Crippen LogP contribution in [0.3, 0.4) is 0 Å². The first-order valence-electron chi connectivity index (χ1n) is 5.96. The fourth-order valence-electron chi connectivity index (χ4n) is 1.93. The first kappa shape index (κ1) is 11.9. The van der Waals surface area contributed by atoms with Crippen molar-refractivity contribution in [3.8, 4) is 0 Å². The molecule has 1 heteroatoms. The highest BCUT2D eigenvalue weighted by Gasteiger charge is 2.08. The molecule has 1 atom stereocenters.